The summed E-state index contributed by atoms with van der Waals surface area (Å²) in [5, 5.41) is 20.4. The zero-order chi connectivity index (χ0) is 21.6. The molecule has 3 heterocycles. The largest absolute Gasteiger partial charge is 0.390 e. The number of aliphatic hydroxyl groups is 1. The zero-order valence-electron chi connectivity index (χ0n) is 17.4. The first kappa shape index (κ1) is 21.9. The van der Waals surface area contributed by atoms with E-state index in [0.29, 0.717) is 19.3 Å². The fourth-order valence-corrected chi connectivity index (χ4v) is 4.07. The summed E-state index contributed by atoms with van der Waals surface area (Å²) < 4.78 is 25.3. The lowest BCUT2D eigenvalue weighted by molar-refractivity contribution is -0.114. The van der Waals surface area contributed by atoms with Gasteiger partial charge in [0.25, 0.3) is 5.91 Å². The molecule has 0 bridgehead atoms. The molecule has 9 heteroatoms. The fourth-order valence-electron chi connectivity index (χ4n) is 4.07. The number of hydrogen-bond donors (Lipinski definition) is 3. The van der Waals surface area contributed by atoms with Crippen molar-refractivity contribution >= 4 is 5.91 Å². The molecule has 1 amide bonds. The molecule has 3 unspecified atom stereocenters. The van der Waals surface area contributed by atoms with E-state index in [1.807, 2.05) is 6.07 Å². The van der Waals surface area contributed by atoms with Crippen LogP contribution in [0.4, 0.5) is 4.39 Å². The Kier molecular flexibility index (Phi) is 7.29. The highest BCUT2D eigenvalue weighted by atomic mass is 19.1. The fraction of sp³-hybridized carbons (Fsp3) is 0.545. The molecule has 2 saturated heterocycles. The summed E-state index contributed by atoms with van der Waals surface area (Å²) in [5.74, 6) is -0.267. The normalized spacial score (nSPS) is 24.8. The van der Waals surface area contributed by atoms with Crippen LogP contribution in [-0.4, -0.2) is 72.1 Å². The van der Waals surface area contributed by atoms with Crippen LogP contribution in [-0.2, 0) is 17.7 Å². The van der Waals surface area contributed by atoms with E-state index in [1.54, 1.807) is 6.07 Å². The second-order valence-electron chi connectivity index (χ2n) is 8.15. The maximum Gasteiger partial charge on any atom is 0.254 e. The Balaban J connectivity index is 1.27. The molecule has 1 aromatic heterocycles. The number of carbonyl (C=O) groups excluding carboxylic acids is 1. The van der Waals surface area contributed by atoms with E-state index in [9.17, 15) is 14.3 Å². The first-order valence-corrected chi connectivity index (χ1v) is 10.8. The number of nitrogens with zero attached hydrogens (tertiary/aromatic N) is 2. The smallest absolute Gasteiger partial charge is 0.254 e. The number of rotatable bonds is 7. The molecular formula is C22H29FN4O4. The average Bonchev–Trinajstić information content (AvgIpc) is 3.21. The van der Waals surface area contributed by atoms with Gasteiger partial charge in [-0.2, -0.15) is 0 Å². The summed E-state index contributed by atoms with van der Waals surface area (Å²) >= 11 is 0. The van der Waals surface area contributed by atoms with Gasteiger partial charge in [0, 0.05) is 45.2 Å². The van der Waals surface area contributed by atoms with Crippen molar-refractivity contribution in [1.82, 2.24) is 20.7 Å². The number of aromatic nitrogens is 1. The highest BCUT2D eigenvalue weighted by Gasteiger charge is 2.31. The van der Waals surface area contributed by atoms with Crippen LogP contribution in [0.25, 0.3) is 0 Å². The van der Waals surface area contributed by atoms with Gasteiger partial charge in [0.15, 0.2) is 5.76 Å². The number of carbonyl (C=O) groups is 1. The average molecular weight is 432 g/mol. The summed E-state index contributed by atoms with van der Waals surface area (Å²) in [6.07, 6.45) is 0.473. The lowest BCUT2D eigenvalue weighted by Gasteiger charge is -2.33. The summed E-state index contributed by atoms with van der Waals surface area (Å²) in [7, 11) is 0. The predicted molar refractivity (Wildman–Crippen MR) is 111 cm³/mol. The third-order valence-corrected chi connectivity index (χ3v) is 5.80. The van der Waals surface area contributed by atoms with Gasteiger partial charge in [0.05, 0.1) is 30.0 Å². The first-order valence-electron chi connectivity index (χ1n) is 10.8. The maximum atomic E-state index is 13.8. The zero-order valence-corrected chi connectivity index (χ0v) is 17.4. The molecule has 0 radical (unpaired) electrons. The van der Waals surface area contributed by atoms with E-state index in [1.165, 1.54) is 18.2 Å². The Morgan fingerprint density at radius 3 is 2.90 bits per heavy atom. The van der Waals surface area contributed by atoms with Crippen LogP contribution < -0.4 is 10.6 Å². The lowest BCUT2D eigenvalue weighted by Crippen LogP contribution is -2.46. The van der Waals surface area contributed by atoms with Crippen molar-refractivity contribution in [3.63, 3.8) is 0 Å². The van der Waals surface area contributed by atoms with Gasteiger partial charge in [-0.05, 0) is 25.0 Å². The minimum Gasteiger partial charge on any atom is -0.390 e. The van der Waals surface area contributed by atoms with E-state index in [2.05, 4.69) is 20.7 Å². The molecule has 168 valence electrons. The van der Waals surface area contributed by atoms with E-state index in [-0.39, 0.29) is 18.2 Å². The van der Waals surface area contributed by atoms with Gasteiger partial charge in [0.1, 0.15) is 11.9 Å². The van der Waals surface area contributed by atoms with Gasteiger partial charge in [-0.25, -0.2) is 4.39 Å². The Bertz CT molecular complexity index is 871. The van der Waals surface area contributed by atoms with Crippen molar-refractivity contribution in [3.05, 3.63) is 53.2 Å². The topological polar surface area (TPSA) is 99.9 Å². The Hall–Kier alpha value is -2.33. The van der Waals surface area contributed by atoms with Crippen LogP contribution in [0.3, 0.4) is 0 Å². The Morgan fingerprint density at radius 1 is 1.29 bits per heavy atom. The SMILES string of the molecule is O=C(NCC1OC(Cc2cc(CN3CCNCC3)on2)CCC1O)c1ccccc1F. The minimum atomic E-state index is -0.683. The predicted octanol–water partition coefficient (Wildman–Crippen LogP) is 1.10. The van der Waals surface area contributed by atoms with Gasteiger partial charge in [-0.15, -0.1) is 0 Å². The molecule has 4 rings (SSSR count). The molecular weight excluding hydrogens is 403 g/mol. The molecule has 0 saturated carbocycles. The molecule has 3 atom stereocenters. The second-order valence-corrected chi connectivity index (χ2v) is 8.15. The molecule has 0 aliphatic carbocycles. The van der Waals surface area contributed by atoms with Crippen molar-refractivity contribution in [1.29, 1.82) is 0 Å². The van der Waals surface area contributed by atoms with Crippen LogP contribution in [0.5, 0.6) is 0 Å². The first-order chi connectivity index (χ1) is 15.1. The van der Waals surface area contributed by atoms with E-state index in [4.69, 9.17) is 9.26 Å². The maximum absolute atomic E-state index is 13.8. The molecule has 1 aromatic carbocycles. The van der Waals surface area contributed by atoms with Crippen molar-refractivity contribution < 1.29 is 23.6 Å². The van der Waals surface area contributed by atoms with E-state index >= 15 is 0 Å². The van der Waals surface area contributed by atoms with Crippen molar-refractivity contribution in [3.8, 4) is 0 Å². The third-order valence-electron chi connectivity index (χ3n) is 5.80. The number of aliphatic hydroxyl groups excluding tert-OH is 1. The molecule has 2 aromatic rings. The molecule has 2 fully saturated rings. The molecule has 3 N–H and O–H groups in total. The van der Waals surface area contributed by atoms with Gasteiger partial charge >= 0.3 is 0 Å². The summed E-state index contributed by atoms with van der Waals surface area (Å²) in [6.45, 7) is 4.78. The summed E-state index contributed by atoms with van der Waals surface area (Å²) in [5.41, 5.74) is 0.796. The number of nitrogens with one attached hydrogen (secondary N) is 2. The summed E-state index contributed by atoms with van der Waals surface area (Å²) in [4.78, 5) is 14.6. The van der Waals surface area contributed by atoms with Crippen molar-refractivity contribution in [2.45, 2.75) is 44.1 Å². The second kappa shape index (κ2) is 10.3. The molecule has 2 aliphatic heterocycles. The van der Waals surface area contributed by atoms with Gasteiger partial charge in [0.2, 0.25) is 0 Å². The Labute approximate surface area is 180 Å². The number of benzene rings is 1. The Morgan fingerprint density at radius 2 is 2.10 bits per heavy atom. The lowest BCUT2D eigenvalue weighted by atomic mass is 9.98. The van der Waals surface area contributed by atoms with E-state index < -0.39 is 23.9 Å². The van der Waals surface area contributed by atoms with Crippen molar-refractivity contribution in [2.24, 2.45) is 0 Å². The van der Waals surface area contributed by atoms with Crippen LogP contribution in [0.15, 0.2) is 34.9 Å². The number of halogens is 1. The third kappa shape index (κ3) is 5.88. The summed E-state index contributed by atoms with van der Waals surface area (Å²) in [6, 6.07) is 7.77. The monoisotopic (exact) mass is 432 g/mol. The molecule has 8 nitrogen and oxygen atoms in total. The number of amides is 1. The van der Waals surface area contributed by atoms with Crippen LogP contribution in [0.1, 0.15) is 34.7 Å². The van der Waals surface area contributed by atoms with Crippen LogP contribution in [0.2, 0.25) is 0 Å². The van der Waals surface area contributed by atoms with Crippen molar-refractivity contribution in [2.75, 3.05) is 32.7 Å². The highest BCUT2D eigenvalue weighted by Crippen LogP contribution is 2.23. The highest BCUT2D eigenvalue weighted by molar-refractivity contribution is 5.94. The van der Waals surface area contributed by atoms with E-state index in [0.717, 1.165) is 44.2 Å². The molecule has 2 aliphatic rings. The number of piperazine rings is 1. The van der Waals surface area contributed by atoms with Gasteiger partial charge in [-0.1, -0.05) is 17.3 Å². The van der Waals surface area contributed by atoms with Gasteiger partial charge < -0.3 is 25.0 Å². The number of hydrogen-bond acceptors (Lipinski definition) is 7. The van der Waals surface area contributed by atoms with Crippen LogP contribution >= 0.6 is 0 Å². The van der Waals surface area contributed by atoms with Gasteiger partial charge in [-0.3, -0.25) is 9.69 Å². The quantitative estimate of drug-likeness (QED) is 0.603. The molecule has 31 heavy (non-hydrogen) atoms. The molecule has 0 spiro atoms. The van der Waals surface area contributed by atoms with Crippen LogP contribution in [0, 0.1) is 5.82 Å². The number of ether oxygens (including phenoxy) is 1. The minimum absolute atomic E-state index is 0.0241. The standard InChI is InChI=1S/C22H29FN4O4/c23-19-4-2-1-3-18(19)22(29)25-13-21-20(28)6-5-16(30-21)11-15-12-17(31-26-15)14-27-9-7-24-8-10-27/h1-4,12,16,20-21,24,28H,5-11,13-14H2,(H,25,29).